The smallest absolute Gasteiger partial charge is 0.381 e. The Hall–Kier alpha value is -4.63. The summed E-state index contributed by atoms with van der Waals surface area (Å²) in [5, 5.41) is 17.6. The summed E-state index contributed by atoms with van der Waals surface area (Å²) in [6.45, 7) is 3.54. The Balaban J connectivity index is 1.18. The summed E-state index contributed by atoms with van der Waals surface area (Å²) in [4.78, 5) is 2.31. The first-order valence-electron chi connectivity index (χ1n) is 13.4. The van der Waals surface area contributed by atoms with Gasteiger partial charge < -0.3 is 20.3 Å². The van der Waals surface area contributed by atoms with Gasteiger partial charge in [0.05, 0.1) is 18.8 Å². The molecule has 0 bridgehead atoms. The molecule has 41 heavy (non-hydrogen) atoms. The van der Waals surface area contributed by atoms with Crippen molar-refractivity contribution >= 4 is 33.7 Å². The molecule has 2 heterocycles. The SMILES string of the molecule is FC(F)(F)c1cccc(CNc2ccc(-c3nnc(Nc4ccc(N5CCOCC5)cc4)c4ccccc34)cc2)c1. The van der Waals surface area contributed by atoms with Crippen molar-refractivity contribution in [1.82, 2.24) is 10.2 Å². The van der Waals surface area contributed by atoms with Crippen LogP contribution in [0.2, 0.25) is 0 Å². The first kappa shape index (κ1) is 26.6. The van der Waals surface area contributed by atoms with Crippen molar-refractivity contribution in [3.63, 3.8) is 0 Å². The molecule has 6 nitrogen and oxygen atoms in total. The van der Waals surface area contributed by atoms with Crippen LogP contribution >= 0.6 is 0 Å². The molecule has 0 amide bonds. The van der Waals surface area contributed by atoms with Gasteiger partial charge in [0.25, 0.3) is 0 Å². The largest absolute Gasteiger partial charge is 0.416 e. The minimum absolute atomic E-state index is 0.278. The lowest BCUT2D eigenvalue weighted by Gasteiger charge is -2.28. The topological polar surface area (TPSA) is 62.3 Å². The highest BCUT2D eigenvalue weighted by atomic mass is 19.4. The molecule has 0 atom stereocenters. The van der Waals surface area contributed by atoms with Crippen LogP contribution in [0.15, 0.2) is 97.1 Å². The number of nitrogens with zero attached hydrogens (tertiary/aromatic N) is 3. The van der Waals surface area contributed by atoms with Crippen LogP contribution in [0, 0.1) is 0 Å². The van der Waals surface area contributed by atoms with Gasteiger partial charge >= 0.3 is 6.18 Å². The van der Waals surface area contributed by atoms with Gasteiger partial charge in [-0.05, 0) is 54.1 Å². The quantitative estimate of drug-likeness (QED) is 0.217. The highest BCUT2D eigenvalue weighted by Gasteiger charge is 2.30. The summed E-state index contributed by atoms with van der Waals surface area (Å²) >= 11 is 0. The maximum atomic E-state index is 13.0. The van der Waals surface area contributed by atoms with E-state index in [4.69, 9.17) is 4.74 Å². The predicted octanol–water partition coefficient (Wildman–Crippen LogP) is 7.51. The molecule has 1 aliphatic heterocycles. The van der Waals surface area contributed by atoms with Crippen molar-refractivity contribution in [2.24, 2.45) is 0 Å². The number of alkyl halides is 3. The Bertz CT molecular complexity index is 1630. The fourth-order valence-corrected chi connectivity index (χ4v) is 4.93. The Morgan fingerprint density at radius 1 is 0.756 bits per heavy atom. The second-order valence-corrected chi connectivity index (χ2v) is 9.84. The summed E-state index contributed by atoms with van der Waals surface area (Å²) in [5.74, 6) is 0.669. The van der Waals surface area contributed by atoms with Crippen molar-refractivity contribution < 1.29 is 17.9 Å². The van der Waals surface area contributed by atoms with Crippen molar-refractivity contribution in [2.75, 3.05) is 41.8 Å². The molecule has 208 valence electrons. The lowest BCUT2D eigenvalue weighted by atomic mass is 10.0. The molecule has 1 saturated heterocycles. The van der Waals surface area contributed by atoms with Crippen LogP contribution in [0.5, 0.6) is 0 Å². The van der Waals surface area contributed by atoms with E-state index in [-0.39, 0.29) is 6.54 Å². The Morgan fingerprint density at radius 3 is 2.20 bits per heavy atom. The summed E-state index contributed by atoms with van der Waals surface area (Å²) < 4.78 is 44.5. The zero-order valence-electron chi connectivity index (χ0n) is 22.2. The summed E-state index contributed by atoms with van der Waals surface area (Å²) in [6.07, 6.45) is -4.36. The van der Waals surface area contributed by atoms with Gasteiger partial charge in [0.1, 0.15) is 5.69 Å². The number of nitrogens with one attached hydrogen (secondary N) is 2. The van der Waals surface area contributed by atoms with E-state index in [2.05, 4.69) is 37.9 Å². The Labute approximate surface area is 235 Å². The van der Waals surface area contributed by atoms with Crippen molar-refractivity contribution in [3.05, 3.63) is 108 Å². The highest BCUT2D eigenvalue weighted by molar-refractivity contribution is 6.00. The van der Waals surface area contributed by atoms with Crippen LogP contribution in [0.4, 0.5) is 36.1 Å². The number of fused-ring (bicyclic) bond motifs is 1. The molecular weight excluding hydrogens is 527 g/mol. The maximum absolute atomic E-state index is 13.0. The Morgan fingerprint density at radius 2 is 1.46 bits per heavy atom. The van der Waals surface area contributed by atoms with Crippen LogP contribution in [0.3, 0.4) is 0 Å². The van der Waals surface area contributed by atoms with Crippen LogP contribution in [-0.2, 0) is 17.5 Å². The molecule has 2 N–H and O–H groups in total. The van der Waals surface area contributed by atoms with E-state index in [9.17, 15) is 13.2 Å². The molecule has 6 rings (SSSR count). The average molecular weight is 556 g/mol. The number of halogens is 3. The van der Waals surface area contributed by atoms with Crippen molar-refractivity contribution in [1.29, 1.82) is 0 Å². The summed E-state index contributed by atoms with van der Waals surface area (Å²) in [6, 6.07) is 29.2. The van der Waals surface area contributed by atoms with Gasteiger partial charge in [0, 0.05) is 53.0 Å². The Kier molecular flexibility index (Phi) is 7.43. The van der Waals surface area contributed by atoms with Gasteiger partial charge in [-0.15, -0.1) is 10.2 Å². The fourth-order valence-electron chi connectivity index (χ4n) is 4.93. The standard InChI is InChI=1S/C32H28F3N5O/c33-32(34,35)24-5-3-4-22(20-24)21-36-25-10-8-23(9-11-25)30-28-6-1-2-7-29(28)31(39-38-30)37-26-12-14-27(15-13-26)40-16-18-41-19-17-40/h1-15,20,36H,16-19,21H2,(H,37,39). The summed E-state index contributed by atoms with van der Waals surface area (Å²) in [5.41, 5.74) is 4.42. The second-order valence-electron chi connectivity index (χ2n) is 9.84. The molecule has 0 unspecified atom stereocenters. The van der Waals surface area contributed by atoms with Crippen LogP contribution in [0.1, 0.15) is 11.1 Å². The third kappa shape index (κ3) is 6.10. The monoisotopic (exact) mass is 555 g/mol. The van der Waals surface area contributed by atoms with Crippen LogP contribution < -0.4 is 15.5 Å². The molecule has 1 aliphatic rings. The minimum atomic E-state index is -4.36. The van der Waals surface area contributed by atoms with E-state index in [1.54, 1.807) is 6.07 Å². The third-order valence-corrected chi connectivity index (χ3v) is 7.10. The number of rotatable bonds is 7. The molecule has 1 fully saturated rings. The molecule has 0 spiro atoms. The number of anilines is 4. The third-order valence-electron chi connectivity index (χ3n) is 7.10. The van der Waals surface area contributed by atoms with Gasteiger partial charge in [-0.25, -0.2) is 0 Å². The van der Waals surface area contributed by atoms with Crippen molar-refractivity contribution in [3.8, 4) is 11.3 Å². The second kappa shape index (κ2) is 11.5. The molecule has 0 aliphatic carbocycles. The van der Waals surface area contributed by atoms with Gasteiger partial charge in [0.2, 0.25) is 0 Å². The molecule has 4 aromatic carbocycles. The lowest BCUT2D eigenvalue weighted by molar-refractivity contribution is -0.137. The van der Waals surface area contributed by atoms with Gasteiger partial charge in [-0.1, -0.05) is 48.5 Å². The van der Waals surface area contributed by atoms with E-state index in [0.717, 1.165) is 77.5 Å². The highest BCUT2D eigenvalue weighted by Crippen LogP contribution is 2.33. The molecule has 9 heteroatoms. The number of aromatic nitrogens is 2. The van der Waals surface area contributed by atoms with E-state index in [1.807, 2.05) is 60.7 Å². The van der Waals surface area contributed by atoms with E-state index in [1.165, 1.54) is 6.07 Å². The fraction of sp³-hybridized carbons (Fsp3) is 0.188. The minimum Gasteiger partial charge on any atom is -0.381 e. The number of morpholine rings is 1. The predicted molar refractivity (Wildman–Crippen MR) is 157 cm³/mol. The van der Waals surface area contributed by atoms with Gasteiger partial charge in [0.15, 0.2) is 5.82 Å². The van der Waals surface area contributed by atoms with Crippen LogP contribution in [-0.4, -0.2) is 36.5 Å². The molecule has 0 saturated carbocycles. The zero-order valence-corrected chi connectivity index (χ0v) is 22.2. The maximum Gasteiger partial charge on any atom is 0.416 e. The number of hydrogen-bond donors (Lipinski definition) is 2. The van der Waals surface area contributed by atoms with Gasteiger partial charge in [-0.3, -0.25) is 0 Å². The normalized spacial score (nSPS) is 13.8. The summed E-state index contributed by atoms with van der Waals surface area (Å²) in [7, 11) is 0. The zero-order chi connectivity index (χ0) is 28.2. The van der Waals surface area contributed by atoms with Crippen LogP contribution in [0.25, 0.3) is 22.0 Å². The molecular formula is C32H28F3N5O. The molecule has 5 aromatic rings. The number of benzene rings is 4. The van der Waals surface area contributed by atoms with E-state index >= 15 is 0 Å². The molecule has 0 radical (unpaired) electrons. The van der Waals surface area contributed by atoms with Gasteiger partial charge in [-0.2, -0.15) is 13.2 Å². The number of hydrogen-bond acceptors (Lipinski definition) is 6. The number of ether oxygens (including phenoxy) is 1. The van der Waals surface area contributed by atoms with Crippen molar-refractivity contribution in [2.45, 2.75) is 12.7 Å². The van der Waals surface area contributed by atoms with E-state index < -0.39 is 11.7 Å². The lowest BCUT2D eigenvalue weighted by Crippen LogP contribution is -2.36. The van der Waals surface area contributed by atoms with E-state index in [0.29, 0.717) is 11.4 Å². The first-order valence-corrected chi connectivity index (χ1v) is 13.4. The first-order chi connectivity index (χ1) is 19.9. The average Bonchev–Trinajstić information content (AvgIpc) is 3.01. The molecule has 1 aromatic heterocycles.